The van der Waals surface area contributed by atoms with Crippen molar-refractivity contribution in [1.82, 2.24) is 5.32 Å². The van der Waals surface area contributed by atoms with E-state index in [1.54, 1.807) is 7.11 Å². The molecule has 0 aromatic heterocycles. The maximum atomic E-state index is 6.10. The fourth-order valence-electron chi connectivity index (χ4n) is 1.97. The smallest absolute Gasteiger partial charge is 0.119 e. The Morgan fingerprint density at radius 2 is 2.05 bits per heavy atom. The highest BCUT2D eigenvalue weighted by Gasteiger charge is 2.16. The van der Waals surface area contributed by atoms with Crippen molar-refractivity contribution >= 4 is 0 Å². The molecule has 4 heteroatoms. The standard InChI is InChI=1S/C16H27NO3/c1-5-17-11-16(20-13(3)12-19-6-2)14-8-7-9-15(10-14)18-4/h7-10,13,16-17H,5-6,11-12H2,1-4H3. The summed E-state index contributed by atoms with van der Waals surface area (Å²) in [6.45, 7) is 9.14. The molecule has 0 aliphatic carbocycles. The van der Waals surface area contributed by atoms with Gasteiger partial charge < -0.3 is 19.5 Å². The summed E-state index contributed by atoms with van der Waals surface area (Å²) in [4.78, 5) is 0. The highest BCUT2D eigenvalue weighted by atomic mass is 16.5. The first-order valence-electron chi connectivity index (χ1n) is 7.29. The van der Waals surface area contributed by atoms with Gasteiger partial charge in [-0.3, -0.25) is 0 Å². The van der Waals surface area contributed by atoms with Crippen LogP contribution in [-0.2, 0) is 9.47 Å². The van der Waals surface area contributed by atoms with E-state index in [4.69, 9.17) is 14.2 Å². The topological polar surface area (TPSA) is 39.7 Å². The molecule has 0 radical (unpaired) electrons. The molecular weight excluding hydrogens is 254 g/mol. The third-order valence-electron chi connectivity index (χ3n) is 3.00. The second-order valence-corrected chi connectivity index (χ2v) is 4.68. The van der Waals surface area contributed by atoms with Crippen LogP contribution in [0.3, 0.4) is 0 Å². The van der Waals surface area contributed by atoms with Gasteiger partial charge in [-0.05, 0) is 38.1 Å². The molecular formula is C16H27NO3. The summed E-state index contributed by atoms with van der Waals surface area (Å²) in [5.74, 6) is 0.852. The molecule has 0 bridgehead atoms. The van der Waals surface area contributed by atoms with Crippen molar-refractivity contribution in [2.24, 2.45) is 0 Å². The number of rotatable bonds is 10. The van der Waals surface area contributed by atoms with Crippen molar-refractivity contribution in [1.29, 1.82) is 0 Å². The number of nitrogens with one attached hydrogen (secondary N) is 1. The molecule has 1 aromatic carbocycles. The Morgan fingerprint density at radius 1 is 1.25 bits per heavy atom. The average Bonchev–Trinajstić information content (AvgIpc) is 2.49. The van der Waals surface area contributed by atoms with Gasteiger partial charge in [0.1, 0.15) is 5.75 Å². The zero-order valence-electron chi connectivity index (χ0n) is 13.0. The van der Waals surface area contributed by atoms with Crippen molar-refractivity contribution in [2.45, 2.75) is 33.0 Å². The Balaban J connectivity index is 2.71. The Morgan fingerprint density at radius 3 is 2.70 bits per heavy atom. The molecule has 1 rings (SSSR count). The first-order valence-corrected chi connectivity index (χ1v) is 7.29. The Hall–Kier alpha value is -1.10. The number of likely N-dealkylation sites (N-methyl/N-ethyl adjacent to an activating group) is 1. The summed E-state index contributed by atoms with van der Waals surface area (Å²) in [6.07, 6.45) is 0.0605. The van der Waals surface area contributed by atoms with Gasteiger partial charge in [-0.25, -0.2) is 0 Å². The number of benzene rings is 1. The predicted molar refractivity (Wildman–Crippen MR) is 81.3 cm³/mol. The van der Waals surface area contributed by atoms with Crippen LogP contribution in [0.25, 0.3) is 0 Å². The highest BCUT2D eigenvalue weighted by Crippen LogP contribution is 2.23. The second kappa shape index (κ2) is 9.75. The number of hydrogen-bond donors (Lipinski definition) is 1. The quantitative estimate of drug-likeness (QED) is 0.716. The molecule has 0 saturated carbocycles. The summed E-state index contributed by atoms with van der Waals surface area (Å²) in [6, 6.07) is 8.02. The maximum Gasteiger partial charge on any atom is 0.119 e. The highest BCUT2D eigenvalue weighted by molar-refractivity contribution is 5.30. The molecule has 1 aromatic rings. The third kappa shape index (κ3) is 5.90. The van der Waals surface area contributed by atoms with E-state index in [0.29, 0.717) is 13.2 Å². The minimum Gasteiger partial charge on any atom is -0.497 e. The number of hydrogen-bond acceptors (Lipinski definition) is 4. The third-order valence-corrected chi connectivity index (χ3v) is 3.00. The second-order valence-electron chi connectivity index (χ2n) is 4.68. The summed E-state index contributed by atoms with van der Waals surface area (Å²) in [5, 5.41) is 3.34. The Kier molecular flexibility index (Phi) is 8.26. The van der Waals surface area contributed by atoms with Crippen LogP contribution in [0.15, 0.2) is 24.3 Å². The van der Waals surface area contributed by atoms with Crippen LogP contribution >= 0.6 is 0 Å². The summed E-state index contributed by atoms with van der Waals surface area (Å²) >= 11 is 0. The van der Waals surface area contributed by atoms with Gasteiger partial charge in [0.05, 0.1) is 25.9 Å². The minimum atomic E-state index is 0.000469. The lowest BCUT2D eigenvalue weighted by molar-refractivity contribution is -0.0468. The molecule has 4 nitrogen and oxygen atoms in total. The lowest BCUT2D eigenvalue weighted by Crippen LogP contribution is -2.27. The molecule has 1 N–H and O–H groups in total. The van der Waals surface area contributed by atoms with Crippen molar-refractivity contribution in [3.05, 3.63) is 29.8 Å². The number of ether oxygens (including phenoxy) is 3. The maximum absolute atomic E-state index is 6.10. The van der Waals surface area contributed by atoms with Gasteiger partial charge in [0.2, 0.25) is 0 Å². The molecule has 114 valence electrons. The molecule has 2 atom stereocenters. The number of methoxy groups -OCH3 is 1. The Labute approximate surface area is 122 Å². The summed E-state index contributed by atoms with van der Waals surface area (Å²) in [7, 11) is 1.68. The van der Waals surface area contributed by atoms with Gasteiger partial charge in [-0.15, -0.1) is 0 Å². The SMILES string of the molecule is CCNCC(OC(C)COCC)c1cccc(OC)c1. The van der Waals surface area contributed by atoms with E-state index >= 15 is 0 Å². The molecule has 0 aliphatic heterocycles. The molecule has 0 spiro atoms. The molecule has 0 aliphatic rings. The van der Waals surface area contributed by atoms with Gasteiger partial charge in [0, 0.05) is 13.2 Å². The van der Waals surface area contributed by atoms with Crippen LogP contribution in [0.2, 0.25) is 0 Å². The van der Waals surface area contributed by atoms with E-state index in [1.807, 2.05) is 32.0 Å². The van der Waals surface area contributed by atoms with Crippen molar-refractivity contribution in [3.63, 3.8) is 0 Å². The minimum absolute atomic E-state index is 0.000469. The van der Waals surface area contributed by atoms with E-state index in [1.165, 1.54) is 0 Å². The normalized spacial score (nSPS) is 14.0. The van der Waals surface area contributed by atoms with E-state index in [0.717, 1.165) is 24.4 Å². The predicted octanol–water partition coefficient (Wildman–Crippen LogP) is 2.79. The molecule has 0 fully saturated rings. The van der Waals surface area contributed by atoms with Crippen molar-refractivity contribution in [2.75, 3.05) is 33.4 Å². The van der Waals surface area contributed by atoms with E-state index in [-0.39, 0.29) is 12.2 Å². The monoisotopic (exact) mass is 281 g/mol. The van der Waals surface area contributed by atoms with Crippen LogP contribution in [-0.4, -0.2) is 39.5 Å². The van der Waals surface area contributed by atoms with E-state index < -0.39 is 0 Å². The molecule has 0 saturated heterocycles. The Bertz CT molecular complexity index is 370. The van der Waals surface area contributed by atoms with Gasteiger partial charge in [0.25, 0.3) is 0 Å². The van der Waals surface area contributed by atoms with Gasteiger partial charge in [0.15, 0.2) is 0 Å². The van der Waals surface area contributed by atoms with Crippen LogP contribution in [0.4, 0.5) is 0 Å². The lowest BCUT2D eigenvalue weighted by Gasteiger charge is -2.23. The van der Waals surface area contributed by atoms with Crippen LogP contribution in [0.5, 0.6) is 5.75 Å². The van der Waals surface area contributed by atoms with Crippen molar-refractivity contribution < 1.29 is 14.2 Å². The van der Waals surface area contributed by atoms with Crippen LogP contribution in [0.1, 0.15) is 32.4 Å². The van der Waals surface area contributed by atoms with E-state index in [2.05, 4.69) is 18.3 Å². The fraction of sp³-hybridized carbons (Fsp3) is 0.625. The van der Waals surface area contributed by atoms with E-state index in [9.17, 15) is 0 Å². The van der Waals surface area contributed by atoms with Gasteiger partial charge >= 0.3 is 0 Å². The summed E-state index contributed by atoms with van der Waals surface area (Å²) in [5.41, 5.74) is 1.12. The average molecular weight is 281 g/mol. The molecule has 0 amide bonds. The molecule has 0 heterocycles. The fourth-order valence-corrected chi connectivity index (χ4v) is 1.97. The molecule has 2 unspecified atom stereocenters. The van der Waals surface area contributed by atoms with Gasteiger partial charge in [-0.1, -0.05) is 19.1 Å². The first-order chi connectivity index (χ1) is 9.71. The molecule has 20 heavy (non-hydrogen) atoms. The zero-order chi connectivity index (χ0) is 14.8. The lowest BCUT2D eigenvalue weighted by atomic mass is 10.1. The van der Waals surface area contributed by atoms with Crippen LogP contribution < -0.4 is 10.1 Å². The van der Waals surface area contributed by atoms with Crippen LogP contribution in [0, 0.1) is 0 Å². The first kappa shape index (κ1) is 17.0. The summed E-state index contributed by atoms with van der Waals surface area (Å²) < 4.78 is 16.8. The zero-order valence-corrected chi connectivity index (χ0v) is 13.0. The van der Waals surface area contributed by atoms with Crippen molar-refractivity contribution in [3.8, 4) is 5.75 Å². The van der Waals surface area contributed by atoms with Gasteiger partial charge in [-0.2, -0.15) is 0 Å². The largest absolute Gasteiger partial charge is 0.497 e.